The van der Waals surface area contributed by atoms with Gasteiger partial charge in [-0.25, -0.2) is 0 Å². The lowest BCUT2D eigenvalue weighted by Gasteiger charge is -2.12. The van der Waals surface area contributed by atoms with Crippen LogP contribution in [0.5, 0.6) is 0 Å². The first-order chi connectivity index (χ1) is 8.72. The first-order valence-corrected chi connectivity index (χ1v) is 5.95. The molecule has 92 valence electrons. The zero-order chi connectivity index (χ0) is 13.0. The van der Waals surface area contributed by atoms with Crippen molar-refractivity contribution in [2.45, 2.75) is 0 Å². The zero-order valence-electron chi connectivity index (χ0n) is 9.27. The third kappa shape index (κ3) is 2.75. The smallest absolute Gasteiger partial charge is 0.0763 e. The minimum Gasteiger partial charge on any atom is -0.411 e. The molecule has 0 aliphatic rings. The lowest BCUT2D eigenvalue weighted by atomic mass is 10.2. The molecule has 0 radical (unpaired) electrons. The van der Waals surface area contributed by atoms with Crippen LogP contribution in [0.4, 0.5) is 11.4 Å². The molecule has 2 aromatic carbocycles. The van der Waals surface area contributed by atoms with Gasteiger partial charge in [-0.2, -0.15) is 0 Å². The molecular weight excluding hydrogens is 271 g/mol. The first kappa shape index (κ1) is 12.7. The maximum atomic E-state index is 8.61. The lowest BCUT2D eigenvalue weighted by Crippen LogP contribution is -1.96. The van der Waals surface area contributed by atoms with Gasteiger partial charge in [0.05, 0.1) is 21.9 Å². The molecule has 0 unspecified atom stereocenters. The molecule has 2 rings (SSSR count). The number of para-hydroxylation sites is 2. The van der Waals surface area contributed by atoms with Crippen LogP contribution in [0, 0.1) is 0 Å². The van der Waals surface area contributed by atoms with Crippen molar-refractivity contribution in [3.8, 4) is 0 Å². The largest absolute Gasteiger partial charge is 0.411 e. The van der Waals surface area contributed by atoms with Crippen LogP contribution in [-0.2, 0) is 0 Å². The quantitative estimate of drug-likeness (QED) is 0.492. The summed E-state index contributed by atoms with van der Waals surface area (Å²) < 4.78 is 0. The Morgan fingerprint density at radius 2 is 1.67 bits per heavy atom. The SMILES string of the molecule is ON=Cc1ccccc1Nc1c(Cl)cccc1Cl. The summed E-state index contributed by atoms with van der Waals surface area (Å²) in [6, 6.07) is 12.6. The van der Waals surface area contributed by atoms with E-state index < -0.39 is 0 Å². The Morgan fingerprint density at radius 3 is 2.33 bits per heavy atom. The third-order valence-electron chi connectivity index (χ3n) is 2.38. The van der Waals surface area contributed by atoms with Crippen LogP contribution in [0.1, 0.15) is 5.56 Å². The Kier molecular flexibility index (Phi) is 4.07. The molecular formula is C13H10Cl2N2O. The summed E-state index contributed by atoms with van der Waals surface area (Å²) in [5, 5.41) is 15.8. The second-order valence-corrected chi connectivity index (χ2v) is 4.37. The van der Waals surface area contributed by atoms with Crippen LogP contribution >= 0.6 is 23.2 Å². The Balaban J connectivity index is 2.40. The van der Waals surface area contributed by atoms with Gasteiger partial charge in [-0.1, -0.05) is 52.6 Å². The van der Waals surface area contributed by atoms with Gasteiger partial charge in [0.1, 0.15) is 0 Å². The number of hydrogen-bond donors (Lipinski definition) is 2. The van der Waals surface area contributed by atoms with Gasteiger partial charge in [0.15, 0.2) is 0 Å². The fourth-order valence-corrected chi connectivity index (χ4v) is 2.03. The first-order valence-electron chi connectivity index (χ1n) is 5.20. The minimum absolute atomic E-state index is 0.526. The van der Waals surface area contributed by atoms with Crippen LogP contribution in [0.2, 0.25) is 10.0 Å². The Bertz CT molecular complexity index is 565. The second kappa shape index (κ2) is 5.76. The molecule has 0 saturated carbocycles. The summed E-state index contributed by atoms with van der Waals surface area (Å²) in [5.41, 5.74) is 2.11. The normalized spacial score (nSPS) is 10.8. The van der Waals surface area contributed by atoms with Crippen molar-refractivity contribution in [2.24, 2.45) is 5.16 Å². The van der Waals surface area contributed by atoms with Crippen LogP contribution in [0.15, 0.2) is 47.6 Å². The highest BCUT2D eigenvalue weighted by Crippen LogP contribution is 2.33. The molecule has 2 N–H and O–H groups in total. The van der Waals surface area contributed by atoms with E-state index in [9.17, 15) is 0 Å². The van der Waals surface area contributed by atoms with Gasteiger partial charge in [-0.3, -0.25) is 0 Å². The molecule has 0 amide bonds. The molecule has 0 spiro atoms. The standard InChI is InChI=1S/C13H10Cl2N2O/c14-10-5-3-6-11(15)13(10)17-12-7-2-1-4-9(12)8-16-18/h1-8,17-18H. The minimum atomic E-state index is 0.526. The van der Waals surface area contributed by atoms with Crippen LogP contribution in [0.25, 0.3) is 0 Å². The Labute approximate surface area is 115 Å². The van der Waals surface area contributed by atoms with Gasteiger partial charge >= 0.3 is 0 Å². The van der Waals surface area contributed by atoms with Crippen LogP contribution < -0.4 is 5.32 Å². The molecule has 3 nitrogen and oxygen atoms in total. The van der Waals surface area contributed by atoms with Gasteiger partial charge in [-0.15, -0.1) is 0 Å². The van der Waals surface area contributed by atoms with Crippen molar-refractivity contribution in [3.05, 3.63) is 58.1 Å². The number of benzene rings is 2. The zero-order valence-corrected chi connectivity index (χ0v) is 10.8. The number of hydrogen-bond acceptors (Lipinski definition) is 3. The number of nitrogens with one attached hydrogen (secondary N) is 1. The molecule has 18 heavy (non-hydrogen) atoms. The summed E-state index contributed by atoms with van der Waals surface area (Å²) in [6.07, 6.45) is 1.34. The highest BCUT2D eigenvalue weighted by Gasteiger charge is 2.07. The maximum absolute atomic E-state index is 8.61. The van der Waals surface area contributed by atoms with E-state index in [4.69, 9.17) is 28.4 Å². The molecule has 0 atom stereocenters. The summed E-state index contributed by atoms with van der Waals surface area (Å²) in [7, 11) is 0. The molecule has 0 saturated heterocycles. The van der Waals surface area contributed by atoms with E-state index in [0.717, 1.165) is 11.3 Å². The van der Waals surface area contributed by atoms with Gasteiger partial charge in [0.25, 0.3) is 0 Å². The highest BCUT2D eigenvalue weighted by atomic mass is 35.5. The highest BCUT2D eigenvalue weighted by molar-refractivity contribution is 6.39. The Morgan fingerprint density at radius 1 is 1.00 bits per heavy atom. The second-order valence-electron chi connectivity index (χ2n) is 3.55. The number of oxime groups is 1. The van der Waals surface area contributed by atoms with E-state index in [1.165, 1.54) is 6.21 Å². The molecule has 0 aliphatic carbocycles. The van der Waals surface area contributed by atoms with Crippen molar-refractivity contribution >= 4 is 40.8 Å². The Hall–Kier alpha value is -1.71. The molecule has 0 aromatic heterocycles. The number of rotatable bonds is 3. The average Bonchev–Trinajstić information content (AvgIpc) is 2.36. The molecule has 2 aromatic rings. The van der Waals surface area contributed by atoms with E-state index >= 15 is 0 Å². The van der Waals surface area contributed by atoms with E-state index in [1.807, 2.05) is 24.3 Å². The number of halogens is 2. The third-order valence-corrected chi connectivity index (χ3v) is 3.01. The van der Waals surface area contributed by atoms with E-state index in [0.29, 0.717) is 15.7 Å². The number of anilines is 2. The van der Waals surface area contributed by atoms with E-state index in [2.05, 4.69) is 10.5 Å². The molecule has 0 aliphatic heterocycles. The van der Waals surface area contributed by atoms with Crippen molar-refractivity contribution in [2.75, 3.05) is 5.32 Å². The summed E-state index contributed by atoms with van der Waals surface area (Å²) in [5.74, 6) is 0. The van der Waals surface area contributed by atoms with E-state index in [-0.39, 0.29) is 0 Å². The van der Waals surface area contributed by atoms with E-state index in [1.54, 1.807) is 18.2 Å². The maximum Gasteiger partial charge on any atom is 0.0763 e. The van der Waals surface area contributed by atoms with Crippen LogP contribution in [0.3, 0.4) is 0 Å². The van der Waals surface area contributed by atoms with Crippen molar-refractivity contribution in [1.29, 1.82) is 0 Å². The molecule has 0 heterocycles. The van der Waals surface area contributed by atoms with Gasteiger partial charge in [-0.05, 0) is 18.2 Å². The van der Waals surface area contributed by atoms with Crippen molar-refractivity contribution in [1.82, 2.24) is 0 Å². The van der Waals surface area contributed by atoms with Gasteiger partial charge in [0, 0.05) is 11.3 Å². The molecule has 0 fully saturated rings. The van der Waals surface area contributed by atoms with Crippen molar-refractivity contribution in [3.63, 3.8) is 0 Å². The predicted molar refractivity (Wildman–Crippen MR) is 75.6 cm³/mol. The fourth-order valence-electron chi connectivity index (χ4n) is 1.54. The van der Waals surface area contributed by atoms with Gasteiger partial charge in [0.2, 0.25) is 0 Å². The fraction of sp³-hybridized carbons (Fsp3) is 0. The summed E-state index contributed by atoms with van der Waals surface area (Å²) in [4.78, 5) is 0. The van der Waals surface area contributed by atoms with Gasteiger partial charge < -0.3 is 10.5 Å². The molecule has 5 heteroatoms. The van der Waals surface area contributed by atoms with Crippen molar-refractivity contribution < 1.29 is 5.21 Å². The summed E-state index contributed by atoms with van der Waals surface area (Å²) >= 11 is 12.2. The topological polar surface area (TPSA) is 44.6 Å². The monoisotopic (exact) mass is 280 g/mol. The summed E-state index contributed by atoms with van der Waals surface area (Å²) in [6.45, 7) is 0. The lowest BCUT2D eigenvalue weighted by molar-refractivity contribution is 0.322. The van der Waals surface area contributed by atoms with Crippen LogP contribution in [-0.4, -0.2) is 11.4 Å². The molecule has 0 bridgehead atoms. The average molecular weight is 281 g/mol. The predicted octanol–water partition coefficient (Wildman–Crippen LogP) is 4.55. The number of nitrogens with zero attached hydrogens (tertiary/aromatic N) is 1.